The Morgan fingerprint density at radius 3 is 2.39 bits per heavy atom. The van der Waals surface area contributed by atoms with Crippen molar-refractivity contribution in [2.45, 2.75) is 45.2 Å². The van der Waals surface area contributed by atoms with E-state index in [-0.39, 0.29) is 12.5 Å². The lowest BCUT2D eigenvalue weighted by molar-refractivity contribution is -0.138. The smallest absolute Gasteiger partial charge is 0.315 e. The number of hydrogen-bond acceptors (Lipinski definition) is 3. The van der Waals surface area contributed by atoms with E-state index < -0.39 is 28.3 Å². The molecule has 3 N–H and O–H groups in total. The van der Waals surface area contributed by atoms with Crippen LogP contribution >= 0.6 is 0 Å². The van der Waals surface area contributed by atoms with Crippen molar-refractivity contribution in [1.29, 1.82) is 0 Å². The van der Waals surface area contributed by atoms with Crippen LogP contribution in [0.1, 0.15) is 33.6 Å². The first-order valence-electron chi connectivity index (χ1n) is 5.73. The lowest BCUT2D eigenvalue weighted by Crippen LogP contribution is -2.51. The largest absolute Gasteiger partial charge is 0.481 e. The maximum Gasteiger partial charge on any atom is 0.315 e. The van der Waals surface area contributed by atoms with E-state index in [4.69, 9.17) is 5.11 Å². The third kappa shape index (κ3) is 8.98. The van der Waals surface area contributed by atoms with Gasteiger partial charge in [-0.1, -0.05) is 0 Å². The highest BCUT2D eigenvalue weighted by Crippen LogP contribution is 2.07. The Bertz CT molecular complexity index is 331. The van der Waals surface area contributed by atoms with Crippen LogP contribution in [0, 0.1) is 0 Å². The number of carbonyl (C=O) groups is 2. The fourth-order valence-electron chi connectivity index (χ4n) is 1.40. The number of amides is 2. The molecule has 0 fully saturated rings. The lowest BCUT2D eigenvalue weighted by Gasteiger charge is -2.25. The van der Waals surface area contributed by atoms with Crippen molar-refractivity contribution in [1.82, 2.24) is 10.6 Å². The number of aliphatic carboxylic acids is 1. The third-order valence-electron chi connectivity index (χ3n) is 2.26. The normalized spacial score (nSPS) is 14.7. The molecule has 2 atom stereocenters. The number of urea groups is 1. The highest BCUT2D eigenvalue weighted by Gasteiger charge is 2.24. The van der Waals surface area contributed by atoms with E-state index in [1.165, 1.54) is 0 Å². The minimum absolute atomic E-state index is 0.102. The van der Waals surface area contributed by atoms with Crippen molar-refractivity contribution in [3.63, 3.8) is 0 Å². The summed E-state index contributed by atoms with van der Waals surface area (Å²) in [4.78, 5) is 22.2. The Morgan fingerprint density at radius 2 is 1.94 bits per heavy atom. The van der Waals surface area contributed by atoms with E-state index >= 15 is 0 Å². The number of hydrogen-bond donors (Lipinski definition) is 3. The van der Waals surface area contributed by atoms with Crippen molar-refractivity contribution in [2.75, 3.05) is 12.0 Å². The molecule has 0 radical (unpaired) electrons. The van der Waals surface area contributed by atoms with E-state index in [0.717, 1.165) is 0 Å². The van der Waals surface area contributed by atoms with E-state index in [2.05, 4.69) is 10.6 Å². The summed E-state index contributed by atoms with van der Waals surface area (Å²) in [7, 11) is -0.877. The first-order valence-corrected chi connectivity index (χ1v) is 7.45. The van der Waals surface area contributed by atoms with Crippen LogP contribution in [-0.4, -0.2) is 44.9 Å². The van der Waals surface area contributed by atoms with Gasteiger partial charge in [0, 0.05) is 34.4 Å². The van der Waals surface area contributed by atoms with Crippen LogP contribution in [-0.2, 0) is 15.6 Å². The van der Waals surface area contributed by atoms with Gasteiger partial charge < -0.3 is 15.7 Å². The molecule has 0 aliphatic carbocycles. The van der Waals surface area contributed by atoms with Crippen LogP contribution in [0.15, 0.2) is 0 Å². The fourth-order valence-corrected chi connectivity index (χ4v) is 2.09. The van der Waals surface area contributed by atoms with Crippen LogP contribution in [0.5, 0.6) is 0 Å². The molecule has 18 heavy (non-hydrogen) atoms. The van der Waals surface area contributed by atoms with E-state index in [0.29, 0.717) is 12.2 Å². The summed E-state index contributed by atoms with van der Waals surface area (Å²) in [5, 5.41) is 14.0. The second-order valence-electron chi connectivity index (χ2n) is 5.02. The molecule has 0 rings (SSSR count). The lowest BCUT2D eigenvalue weighted by atomic mass is 10.0. The minimum atomic E-state index is -0.963. The zero-order chi connectivity index (χ0) is 14.3. The van der Waals surface area contributed by atoms with Gasteiger partial charge in [0.05, 0.1) is 6.42 Å². The van der Waals surface area contributed by atoms with Crippen molar-refractivity contribution in [2.24, 2.45) is 0 Å². The summed E-state index contributed by atoms with van der Waals surface area (Å²) in [6, 6.07) is -0.509. The number of carbonyl (C=O) groups excluding carboxylic acids is 1. The first-order chi connectivity index (χ1) is 8.12. The van der Waals surface area contributed by atoms with E-state index in [1.807, 2.05) is 6.92 Å². The van der Waals surface area contributed by atoms with E-state index in [1.54, 1.807) is 20.1 Å². The van der Waals surface area contributed by atoms with Gasteiger partial charge in [0.15, 0.2) is 0 Å². The average molecular weight is 278 g/mol. The Hall–Kier alpha value is -1.11. The van der Waals surface area contributed by atoms with Crippen LogP contribution in [0.2, 0.25) is 0 Å². The van der Waals surface area contributed by atoms with Crippen molar-refractivity contribution < 1.29 is 18.9 Å². The van der Waals surface area contributed by atoms with E-state index in [9.17, 15) is 13.8 Å². The van der Waals surface area contributed by atoms with Gasteiger partial charge in [-0.05, 0) is 27.2 Å². The Balaban J connectivity index is 4.09. The quantitative estimate of drug-likeness (QED) is 0.638. The molecule has 2 unspecified atom stereocenters. The molecule has 0 spiro atoms. The number of carboxylic acids is 1. The molecule has 106 valence electrons. The molecule has 0 aromatic heterocycles. The zero-order valence-electron chi connectivity index (χ0n) is 11.3. The Kier molecular flexibility index (Phi) is 6.90. The molecule has 0 saturated carbocycles. The molecule has 0 bridgehead atoms. The summed E-state index contributed by atoms with van der Waals surface area (Å²) in [5.74, 6) is -0.435. The van der Waals surface area contributed by atoms with Gasteiger partial charge in [-0.2, -0.15) is 0 Å². The second kappa shape index (κ2) is 7.35. The standard InChI is InChI=1S/C11H22N2O4S/c1-8(5-6-18(4)17)12-10(16)13-11(2,3)7-9(14)15/h8H,5-7H2,1-4H3,(H,14,15)(H2,12,13,16). The van der Waals surface area contributed by atoms with Gasteiger partial charge in [-0.25, -0.2) is 4.79 Å². The molecule has 0 aliphatic rings. The molecule has 0 aromatic rings. The predicted molar refractivity (Wildman–Crippen MR) is 71.0 cm³/mol. The molecular weight excluding hydrogens is 256 g/mol. The van der Waals surface area contributed by atoms with Crippen LogP contribution in [0.25, 0.3) is 0 Å². The molecule has 2 amide bonds. The predicted octanol–water partition coefficient (Wildman–Crippen LogP) is 0.696. The second-order valence-corrected chi connectivity index (χ2v) is 6.57. The van der Waals surface area contributed by atoms with Crippen molar-refractivity contribution in [3.05, 3.63) is 0 Å². The summed E-state index contributed by atoms with van der Waals surface area (Å²) in [5.41, 5.74) is -0.802. The molecular formula is C11H22N2O4S. The van der Waals surface area contributed by atoms with Gasteiger partial charge in [0.2, 0.25) is 0 Å². The van der Waals surface area contributed by atoms with Crippen LogP contribution in [0.3, 0.4) is 0 Å². The maximum atomic E-state index is 11.6. The van der Waals surface area contributed by atoms with Gasteiger partial charge in [0.1, 0.15) is 0 Å². The van der Waals surface area contributed by atoms with Crippen LogP contribution < -0.4 is 10.6 Å². The van der Waals surface area contributed by atoms with Gasteiger partial charge >= 0.3 is 12.0 Å². The molecule has 0 saturated heterocycles. The molecule has 0 heterocycles. The molecule has 6 nitrogen and oxygen atoms in total. The Labute approximate surface area is 110 Å². The summed E-state index contributed by atoms with van der Waals surface area (Å²) >= 11 is 0. The maximum absolute atomic E-state index is 11.6. The zero-order valence-corrected chi connectivity index (χ0v) is 12.1. The first kappa shape index (κ1) is 16.9. The number of carboxylic acid groups (broad SMARTS) is 1. The summed E-state index contributed by atoms with van der Waals surface area (Å²) in [6.45, 7) is 5.11. The highest BCUT2D eigenvalue weighted by molar-refractivity contribution is 7.84. The summed E-state index contributed by atoms with van der Waals surface area (Å²) in [6.07, 6.45) is 2.09. The topological polar surface area (TPSA) is 95.5 Å². The number of rotatable bonds is 7. The van der Waals surface area contributed by atoms with Gasteiger partial charge in [0.25, 0.3) is 0 Å². The monoisotopic (exact) mass is 278 g/mol. The summed E-state index contributed by atoms with van der Waals surface area (Å²) < 4.78 is 10.9. The number of nitrogens with one attached hydrogen (secondary N) is 2. The SMILES string of the molecule is CC(CCS(C)=O)NC(=O)NC(C)(C)CC(=O)O. The fraction of sp³-hybridized carbons (Fsp3) is 0.818. The van der Waals surface area contributed by atoms with Crippen molar-refractivity contribution >= 4 is 22.8 Å². The Morgan fingerprint density at radius 1 is 1.39 bits per heavy atom. The highest BCUT2D eigenvalue weighted by atomic mass is 32.2. The molecule has 7 heteroatoms. The average Bonchev–Trinajstić information content (AvgIpc) is 2.10. The third-order valence-corrected chi connectivity index (χ3v) is 3.07. The van der Waals surface area contributed by atoms with Gasteiger partial charge in [-0.3, -0.25) is 9.00 Å². The van der Waals surface area contributed by atoms with Crippen molar-refractivity contribution in [3.8, 4) is 0 Å². The minimum Gasteiger partial charge on any atom is -0.481 e. The van der Waals surface area contributed by atoms with Gasteiger partial charge in [-0.15, -0.1) is 0 Å². The van der Waals surface area contributed by atoms with Crippen LogP contribution in [0.4, 0.5) is 4.79 Å². The molecule has 0 aliphatic heterocycles. The molecule has 0 aromatic carbocycles.